The Morgan fingerprint density at radius 3 is 2.77 bits per heavy atom. The number of ether oxygens (including phenoxy) is 2. The second-order valence-corrected chi connectivity index (χ2v) is 5.39. The van der Waals surface area contributed by atoms with Gasteiger partial charge in [0.25, 0.3) is 0 Å². The zero-order valence-electron chi connectivity index (χ0n) is 11.9. The minimum atomic E-state index is -2.97. The standard InChI is InChI=1S/C14H14F2N2O3S/c1-8-17-10(7-22-8)6-13(19)18-9-3-4-11(20-2)12(5-9)21-14(15)16/h3-5,7,14H,6H2,1-2H3,(H,18,19). The van der Waals surface area contributed by atoms with Crippen LogP contribution in [0.25, 0.3) is 0 Å². The molecule has 2 aromatic rings. The van der Waals surface area contributed by atoms with Gasteiger partial charge in [-0.05, 0) is 19.1 Å². The van der Waals surface area contributed by atoms with E-state index in [0.29, 0.717) is 11.4 Å². The van der Waals surface area contributed by atoms with Crippen molar-refractivity contribution in [3.05, 3.63) is 34.3 Å². The molecule has 0 atom stereocenters. The summed E-state index contributed by atoms with van der Waals surface area (Å²) in [7, 11) is 1.34. The van der Waals surface area contributed by atoms with Crippen LogP contribution < -0.4 is 14.8 Å². The van der Waals surface area contributed by atoms with E-state index in [-0.39, 0.29) is 23.8 Å². The summed E-state index contributed by atoms with van der Waals surface area (Å²) < 4.78 is 34.0. The fourth-order valence-electron chi connectivity index (χ4n) is 1.80. The first kappa shape index (κ1) is 16.2. The third-order valence-electron chi connectivity index (χ3n) is 2.67. The molecule has 0 saturated carbocycles. The number of aromatic nitrogens is 1. The van der Waals surface area contributed by atoms with Gasteiger partial charge in [-0.25, -0.2) is 4.98 Å². The van der Waals surface area contributed by atoms with Crippen molar-refractivity contribution in [1.82, 2.24) is 4.98 Å². The number of aryl methyl sites for hydroxylation is 1. The van der Waals surface area contributed by atoms with Crippen LogP contribution >= 0.6 is 11.3 Å². The number of methoxy groups -OCH3 is 1. The zero-order chi connectivity index (χ0) is 16.1. The van der Waals surface area contributed by atoms with E-state index < -0.39 is 6.61 Å². The van der Waals surface area contributed by atoms with Crippen LogP contribution in [0, 0.1) is 6.92 Å². The lowest BCUT2D eigenvalue weighted by Gasteiger charge is -2.12. The van der Waals surface area contributed by atoms with E-state index in [0.717, 1.165) is 5.01 Å². The van der Waals surface area contributed by atoms with Crippen molar-refractivity contribution >= 4 is 22.9 Å². The van der Waals surface area contributed by atoms with Crippen molar-refractivity contribution < 1.29 is 23.0 Å². The number of carbonyl (C=O) groups is 1. The number of thiazole rings is 1. The fourth-order valence-corrected chi connectivity index (χ4v) is 2.41. The molecule has 22 heavy (non-hydrogen) atoms. The maximum atomic E-state index is 12.3. The first-order valence-corrected chi connectivity index (χ1v) is 7.19. The molecular weight excluding hydrogens is 314 g/mol. The van der Waals surface area contributed by atoms with Crippen LogP contribution in [-0.4, -0.2) is 24.6 Å². The molecule has 5 nitrogen and oxygen atoms in total. The third kappa shape index (κ3) is 4.39. The van der Waals surface area contributed by atoms with Crippen LogP contribution in [0.5, 0.6) is 11.5 Å². The summed E-state index contributed by atoms with van der Waals surface area (Å²) in [4.78, 5) is 16.1. The molecule has 0 spiro atoms. The van der Waals surface area contributed by atoms with Gasteiger partial charge in [0.15, 0.2) is 11.5 Å². The van der Waals surface area contributed by atoms with E-state index in [2.05, 4.69) is 15.0 Å². The third-order valence-corrected chi connectivity index (χ3v) is 3.49. The lowest BCUT2D eigenvalue weighted by Crippen LogP contribution is -2.15. The molecule has 0 saturated heterocycles. The Balaban J connectivity index is 2.06. The minimum absolute atomic E-state index is 0.113. The van der Waals surface area contributed by atoms with Crippen molar-refractivity contribution in [2.45, 2.75) is 20.0 Å². The van der Waals surface area contributed by atoms with Gasteiger partial charge >= 0.3 is 6.61 Å². The Morgan fingerprint density at radius 2 is 2.18 bits per heavy atom. The van der Waals surface area contributed by atoms with E-state index in [9.17, 15) is 13.6 Å². The Bertz CT molecular complexity index is 661. The van der Waals surface area contributed by atoms with E-state index in [1.807, 2.05) is 6.92 Å². The Kier molecular flexibility index (Phi) is 5.26. The van der Waals surface area contributed by atoms with Crippen molar-refractivity contribution in [3.8, 4) is 11.5 Å². The molecule has 118 valence electrons. The van der Waals surface area contributed by atoms with Crippen LogP contribution in [0.3, 0.4) is 0 Å². The molecule has 0 bridgehead atoms. The van der Waals surface area contributed by atoms with Gasteiger partial charge in [0, 0.05) is 17.1 Å². The molecule has 0 aliphatic heterocycles. The van der Waals surface area contributed by atoms with E-state index >= 15 is 0 Å². The number of hydrogen-bond donors (Lipinski definition) is 1. The van der Waals surface area contributed by atoms with Gasteiger partial charge in [-0.2, -0.15) is 8.78 Å². The van der Waals surface area contributed by atoms with Crippen molar-refractivity contribution in [2.75, 3.05) is 12.4 Å². The molecule has 1 N–H and O–H groups in total. The van der Waals surface area contributed by atoms with Gasteiger partial charge in [-0.3, -0.25) is 4.79 Å². The van der Waals surface area contributed by atoms with E-state index in [1.165, 1.54) is 30.6 Å². The number of nitrogens with one attached hydrogen (secondary N) is 1. The summed E-state index contributed by atoms with van der Waals surface area (Å²) in [6.45, 7) is -1.12. The van der Waals surface area contributed by atoms with Crippen LogP contribution in [0.1, 0.15) is 10.7 Å². The summed E-state index contributed by atoms with van der Waals surface area (Å²) in [5.74, 6) is -0.272. The SMILES string of the molecule is COc1ccc(NC(=O)Cc2csc(C)n2)cc1OC(F)F. The average Bonchev–Trinajstić information content (AvgIpc) is 2.83. The van der Waals surface area contributed by atoms with Crippen molar-refractivity contribution in [2.24, 2.45) is 0 Å². The molecular formula is C14H14F2N2O3S. The second-order valence-electron chi connectivity index (χ2n) is 4.33. The number of hydrogen-bond acceptors (Lipinski definition) is 5. The lowest BCUT2D eigenvalue weighted by atomic mass is 10.2. The number of nitrogens with zero attached hydrogens (tertiary/aromatic N) is 1. The number of carbonyl (C=O) groups excluding carboxylic acids is 1. The first-order chi connectivity index (χ1) is 10.5. The Hall–Kier alpha value is -2.22. The molecule has 1 aromatic heterocycles. The molecule has 1 aromatic carbocycles. The van der Waals surface area contributed by atoms with Crippen molar-refractivity contribution in [3.63, 3.8) is 0 Å². The first-order valence-electron chi connectivity index (χ1n) is 6.31. The zero-order valence-corrected chi connectivity index (χ0v) is 12.7. The van der Waals surface area contributed by atoms with Gasteiger partial charge in [-0.1, -0.05) is 0 Å². The summed E-state index contributed by atoms with van der Waals surface area (Å²) in [5, 5.41) is 5.28. The van der Waals surface area contributed by atoms with E-state index in [4.69, 9.17) is 4.74 Å². The second kappa shape index (κ2) is 7.17. The quantitative estimate of drug-likeness (QED) is 0.884. The topological polar surface area (TPSA) is 60.5 Å². The van der Waals surface area contributed by atoms with Gasteiger partial charge in [-0.15, -0.1) is 11.3 Å². The largest absolute Gasteiger partial charge is 0.493 e. The average molecular weight is 328 g/mol. The Labute approximate surface area is 129 Å². The number of rotatable bonds is 6. The molecule has 0 radical (unpaired) electrons. The number of amides is 1. The van der Waals surface area contributed by atoms with Crippen LogP contribution in [-0.2, 0) is 11.2 Å². The van der Waals surface area contributed by atoms with Crippen molar-refractivity contribution in [1.29, 1.82) is 0 Å². The van der Waals surface area contributed by atoms with Crippen LogP contribution in [0.4, 0.5) is 14.5 Å². The van der Waals surface area contributed by atoms with Gasteiger partial charge in [0.2, 0.25) is 5.91 Å². The fraction of sp³-hybridized carbons (Fsp3) is 0.286. The summed E-state index contributed by atoms with van der Waals surface area (Å²) in [6.07, 6.45) is 0.113. The smallest absolute Gasteiger partial charge is 0.387 e. The molecule has 1 amide bonds. The molecule has 8 heteroatoms. The summed E-state index contributed by atoms with van der Waals surface area (Å²) >= 11 is 1.46. The molecule has 2 rings (SSSR count). The number of anilines is 1. The van der Waals surface area contributed by atoms with Gasteiger partial charge < -0.3 is 14.8 Å². The monoisotopic (exact) mass is 328 g/mol. The van der Waals surface area contributed by atoms with Gasteiger partial charge in [0.05, 0.1) is 24.2 Å². The predicted molar refractivity (Wildman–Crippen MR) is 78.8 cm³/mol. The van der Waals surface area contributed by atoms with E-state index in [1.54, 1.807) is 11.4 Å². The molecule has 0 aliphatic carbocycles. The highest BCUT2D eigenvalue weighted by molar-refractivity contribution is 7.09. The lowest BCUT2D eigenvalue weighted by molar-refractivity contribution is -0.115. The van der Waals surface area contributed by atoms with Crippen LogP contribution in [0.15, 0.2) is 23.6 Å². The molecule has 1 heterocycles. The van der Waals surface area contributed by atoms with Gasteiger partial charge in [0.1, 0.15) is 0 Å². The Morgan fingerprint density at radius 1 is 1.41 bits per heavy atom. The molecule has 0 fully saturated rings. The molecule has 0 aliphatic rings. The highest BCUT2D eigenvalue weighted by atomic mass is 32.1. The maximum Gasteiger partial charge on any atom is 0.387 e. The summed E-state index contributed by atoms with van der Waals surface area (Å²) in [6, 6.07) is 4.27. The number of benzene rings is 1. The van der Waals surface area contributed by atoms with Crippen LogP contribution in [0.2, 0.25) is 0 Å². The maximum absolute atomic E-state index is 12.3. The highest BCUT2D eigenvalue weighted by Crippen LogP contribution is 2.31. The minimum Gasteiger partial charge on any atom is -0.493 e. The number of alkyl halides is 2. The predicted octanol–water partition coefficient (Wildman–Crippen LogP) is 3.24. The highest BCUT2D eigenvalue weighted by Gasteiger charge is 2.13. The normalized spacial score (nSPS) is 10.6. The number of halogens is 2. The summed E-state index contributed by atoms with van der Waals surface area (Å²) in [5.41, 5.74) is 1.01. The molecule has 0 unspecified atom stereocenters.